The second-order valence-corrected chi connectivity index (χ2v) is 6.52. The monoisotopic (exact) mass is 328 g/mol. The molecule has 0 saturated carbocycles. The lowest BCUT2D eigenvalue weighted by atomic mass is 10.0. The van der Waals surface area contributed by atoms with Crippen LogP contribution >= 0.6 is 0 Å². The van der Waals surface area contributed by atoms with Gasteiger partial charge in [0.05, 0.1) is 6.61 Å². The number of rotatable bonds is 5. The average Bonchev–Trinajstić information content (AvgIpc) is 2.80. The maximum absolute atomic E-state index is 11.8. The van der Waals surface area contributed by atoms with Gasteiger partial charge in [-0.2, -0.15) is 0 Å². The van der Waals surface area contributed by atoms with Gasteiger partial charge in [0.1, 0.15) is 17.1 Å². The summed E-state index contributed by atoms with van der Waals surface area (Å²) < 4.78 is 16.6. The van der Waals surface area contributed by atoms with Crippen LogP contribution in [0.25, 0.3) is 11.0 Å². The molecule has 2 heterocycles. The molecule has 1 aromatic carbocycles. The molecule has 1 aromatic heterocycles. The van der Waals surface area contributed by atoms with E-state index < -0.39 is 5.60 Å². The number of ketones is 1. The Morgan fingerprint density at radius 3 is 2.62 bits per heavy atom. The number of carbonyl (C=O) groups excluding carboxylic acids is 1. The first-order valence-corrected chi connectivity index (χ1v) is 7.97. The lowest BCUT2D eigenvalue weighted by molar-refractivity contribution is -0.127. The summed E-state index contributed by atoms with van der Waals surface area (Å²) in [6.45, 7) is 6.01. The summed E-state index contributed by atoms with van der Waals surface area (Å²) in [5.74, 6) is 1.43. The first-order chi connectivity index (χ1) is 11.3. The topological polar surface area (TPSA) is 65.7 Å². The molecule has 5 nitrogen and oxygen atoms in total. The van der Waals surface area contributed by atoms with Gasteiger partial charge >= 0.3 is 5.63 Å². The minimum atomic E-state index is -0.764. The van der Waals surface area contributed by atoms with Gasteiger partial charge in [-0.3, -0.25) is 4.79 Å². The third-order valence-electron chi connectivity index (χ3n) is 4.14. The van der Waals surface area contributed by atoms with Gasteiger partial charge in [-0.05, 0) is 38.5 Å². The number of hydrogen-bond acceptors (Lipinski definition) is 5. The van der Waals surface area contributed by atoms with E-state index >= 15 is 0 Å². The number of allylic oxidation sites excluding steroid dienone is 1. The molecule has 0 saturated heterocycles. The van der Waals surface area contributed by atoms with E-state index in [0.717, 1.165) is 5.39 Å². The van der Waals surface area contributed by atoms with Crippen LogP contribution in [-0.4, -0.2) is 18.0 Å². The SMILES string of the molecule is C[C@H](CCOc1ccc2ccc(=O)oc2c1)C1=CC(=O)C(C)(C)O1. The van der Waals surface area contributed by atoms with Crippen LogP contribution in [0.4, 0.5) is 0 Å². The van der Waals surface area contributed by atoms with Crippen LogP contribution in [0.5, 0.6) is 5.75 Å². The third kappa shape index (κ3) is 3.35. The van der Waals surface area contributed by atoms with E-state index in [0.29, 0.717) is 30.1 Å². The number of ether oxygens (including phenoxy) is 2. The minimum Gasteiger partial charge on any atom is -0.493 e. The van der Waals surface area contributed by atoms with E-state index in [4.69, 9.17) is 13.9 Å². The van der Waals surface area contributed by atoms with E-state index in [1.54, 1.807) is 32.1 Å². The van der Waals surface area contributed by atoms with Gasteiger partial charge in [0.25, 0.3) is 0 Å². The van der Waals surface area contributed by atoms with Gasteiger partial charge in [0.15, 0.2) is 5.60 Å². The van der Waals surface area contributed by atoms with Gasteiger partial charge in [-0.1, -0.05) is 6.92 Å². The zero-order valence-corrected chi connectivity index (χ0v) is 14.0. The molecule has 0 bridgehead atoms. The first kappa shape index (κ1) is 16.3. The highest BCUT2D eigenvalue weighted by Gasteiger charge is 2.36. The number of fused-ring (bicyclic) bond motifs is 1. The third-order valence-corrected chi connectivity index (χ3v) is 4.14. The molecular formula is C19H20O5. The molecule has 1 aliphatic rings. The molecule has 0 N–H and O–H groups in total. The van der Waals surface area contributed by atoms with Gasteiger partial charge in [-0.25, -0.2) is 4.79 Å². The summed E-state index contributed by atoms with van der Waals surface area (Å²) in [5.41, 5.74) is -0.645. The smallest absolute Gasteiger partial charge is 0.336 e. The zero-order valence-electron chi connectivity index (χ0n) is 14.0. The van der Waals surface area contributed by atoms with Gasteiger partial charge in [0, 0.05) is 29.5 Å². The van der Waals surface area contributed by atoms with E-state index in [-0.39, 0.29) is 17.3 Å². The molecule has 126 valence electrons. The molecule has 1 atom stereocenters. The van der Waals surface area contributed by atoms with Crippen molar-refractivity contribution in [2.75, 3.05) is 6.61 Å². The lowest BCUT2D eigenvalue weighted by Crippen LogP contribution is -2.28. The van der Waals surface area contributed by atoms with Crippen LogP contribution in [0.2, 0.25) is 0 Å². The fourth-order valence-electron chi connectivity index (χ4n) is 2.55. The van der Waals surface area contributed by atoms with Crippen LogP contribution in [0.15, 0.2) is 51.4 Å². The van der Waals surface area contributed by atoms with Crippen molar-refractivity contribution in [3.05, 3.63) is 52.6 Å². The molecule has 1 aliphatic heterocycles. The number of benzene rings is 1. The second-order valence-electron chi connectivity index (χ2n) is 6.52. The number of hydrogen-bond donors (Lipinski definition) is 0. The second kappa shape index (κ2) is 6.15. The Hall–Kier alpha value is -2.56. The average molecular weight is 328 g/mol. The van der Waals surface area contributed by atoms with E-state index in [9.17, 15) is 9.59 Å². The molecule has 0 aliphatic carbocycles. The van der Waals surface area contributed by atoms with Crippen LogP contribution in [0.3, 0.4) is 0 Å². The van der Waals surface area contributed by atoms with Crippen LogP contribution in [0.1, 0.15) is 27.2 Å². The van der Waals surface area contributed by atoms with Crippen molar-refractivity contribution in [3.63, 3.8) is 0 Å². The van der Waals surface area contributed by atoms with Crippen LogP contribution in [0, 0.1) is 5.92 Å². The highest BCUT2D eigenvalue weighted by Crippen LogP contribution is 2.30. The first-order valence-electron chi connectivity index (χ1n) is 7.97. The molecule has 5 heteroatoms. The molecule has 2 aromatic rings. The fourth-order valence-corrected chi connectivity index (χ4v) is 2.55. The summed E-state index contributed by atoms with van der Waals surface area (Å²) in [6.07, 6.45) is 2.29. The summed E-state index contributed by atoms with van der Waals surface area (Å²) in [5, 5.41) is 0.848. The molecule has 3 rings (SSSR count). The van der Waals surface area contributed by atoms with Crippen molar-refractivity contribution in [2.24, 2.45) is 5.92 Å². The predicted molar refractivity (Wildman–Crippen MR) is 90.0 cm³/mol. The zero-order chi connectivity index (χ0) is 17.3. The summed E-state index contributed by atoms with van der Waals surface area (Å²) in [6, 6.07) is 8.50. The van der Waals surface area contributed by atoms with Crippen molar-refractivity contribution in [3.8, 4) is 5.75 Å². The highest BCUT2D eigenvalue weighted by atomic mass is 16.5. The molecular weight excluding hydrogens is 308 g/mol. The van der Waals surface area contributed by atoms with Crippen molar-refractivity contribution in [1.29, 1.82) is 0 Å². The summed E-state index contributed by atoms with van der Waals surface area (Å²) >= 11 is 0. The summed E-state index contributed by atoms with van der Waals surface area (Å²) in [4.78, 5) is 23.1. The van der Waals surface area contributed by atoms with Crippen LogP contribution < -0.4 is 10.4 Å². The molecule has 0 amide bonds. The standard InChI is InChI=1S/C19H20O5/c1-12(15-11-17(20)19(2,3)24-15)8-9-22-14-6-4-13-5-7-18(21)23-16(13)10-14/h4-7,10-12H,8-9H2,1-3H3/t12-/m1/s1. The van der Waals surface area contributed by atoms with E-state index in [1.807, 2.05) is 19.1 Å². The Balaban J connectivity index is 1.59. The van der Waals surface area contributed by atoms with Crippen molar-refractivity contribution in [2.45, 2.75) is 32.8 Å². The van der Waals surface area contributed by atoms with Gasteiger partial charge < -0.3 is 13.9 Å². The predicted octanol–water partition coefficient (Wildman–Crippen LogP) is 3.46. The molecule has 24 heavy (non-hydrogen) atoms. The number of carbonyl (C=O) groups is 1. The Bertz CT molecular complexity index is 859. The fraction of sp³-hybridized carbons (Fsp3) is 0.368. The normalized spacial score (nSPS) is 17.5. The minimum absolute atomic E-state index is 0.00479. The van der Waals surface area contributed by atoms with Gasteiger partial charge in [-0.15, -0.1) is 0 Å². The van der Waals surface area contributed by atoms with E-state index in [2.05, 4.69) is 0 Å². The van der Waals surface area contributed by atoms with Crippen molar-refractivity contribution >= 4 is 16.8 Å². The maximum atomic E-state index is 11.8. The highest BCUT2D eigenvalue weighted by molar-refractivity contribution is 5.98. The Kier molecular flexibility index (Phi) is 4.18. The largest absolute Gasteiger partial charge is 0.493 e. The van der Waals surface area contributed by atoms with E-state index in [1.165, 1.54) is 6.07 Å². The Morgan fingerprint density at radius 2 is 1.92 bits per heavy atom. The molecule has 0 unspecified atom stereocenters. The quantitative estimate of drug-likeness (QED) is 0.786. The van der Waals surface area contributed by atoms with Crippen molar-refractivity contribution < 1.29 is 18.7 Å². The summed E-state index contributed by atoms with van der Waals surface area (Å²) in [7, 11) is 0. The van der Waals surface area contributed by atoms with Crippen LogP contribution in [-0.2, 0) is 9.53 Å². The Labute approximate surface area is 139 Å². The van der Waals surface area contributed by atoms with Crippen molar-refractivity contribution in [1.82, 2.24) is 0 Å². The molecule has 0 radical (unpaired) electrons. The molecule has 0 fully saturated rings. The Morgan fingerprint density at radius 1 is 1.17 bits per heavy atom. The molecule has 0 spiro atoms. The maximum Gasteiger partial charge on any atom is 0.336 e. The lowest BCUT2D eigenvalue weighted by Gasteiger charge is -2.21. The van der Waals surface area contributed by atoms with Gasteiger partial charge in [0.2, 0.25) is 5.78 Å².